The van der Waals surface area contributed by atoms with Crippen LogP contribution in [0.3, 0.4) is 0 Å². The number of aryl methyl sites for hydroxylation is 2. The maximum absolute atomic E-state index is 4.83. The minimum Gasteiger partial charge on any atom is -0.357 e. The summed E-state index contributed by atoms with van der Waals surface area (Å²) in [5.41, 5.74) is 0. The van der Waals surface area contributed by atoms with E-state index in [2.05, 4.69) is 37.2 Å². The van der Waals surface area contributed by atoms with Crippen molar-refractivity contribution in [3.8, 4) is 0 Å². The van der Waals surface area contributed by atoms with Crippen LogP contribution in [0.1, 0.15) is 69.9 Å². The largest absolute Gasteiger partial charge is 0.357 e. The average molecular weight is 388 g/mol. The number of hydrogen-bond donors (Lipinski definition) is 2. The van der Waals surface area contributed by atoms with Gasteiger partial charge in [-0.15, -0.1) is 10.2 Å². The number of likely N-dealkylation sites (tertiary alicyclic amines) is 1. The Morgan fingerprint density at radius 1 is 1.07 bits per heavy atom. The van der Waals surface area contributed by atoms with Gasteiger partial charge in [-0.25, -0.2) is 0 Å². The van der Waals surface area contributed by atoms with Crippen molar-refractivity contribution in [3.63, 3.8) is 0 Å². The van der Waals surface area contributed by atoms with Gasteiger partial charge in [0.05, 0.1) is 0 Å². The highest BCUT2D eigenvalue weighted by molar-refractivity contribution is 5.80. The van der Waals surface area contributed by atoms with Gasteiger partial charge in [-0.3, -0.25) is 4.99 Å². The van der Waals surface area contributed by atoms with E-state index < -0.39 is 0 Å². The molecule has 0 amide bonds. The third kappa shape index (κ3) is 5.25. The van der Waals surface area contributed by atoms with E-state index in [9.17, 15) is 0 Å². The number of hydrogen-bond acceptors (Lipinski definition) is 4. The predicted octanol–water partition coefficient (Wildman–Crippen LogP) is 2.12. The van der Waals surface area contributed by atoms with E-state index in [-0.39, 0.29) is 0 Å². The van der Waals surface area contributed by atoms with Crippen molar-refractivity contribution in [3.05, 3.63) is 11.6 Å². The maximum Gasteiger partial charge on any atom is 0.191 e. The molecule has 156 valence electrons. The summed E-state index contributed by atoms with van der Waals surface area (Å²) in [6.45, 7) is 7.44. The molecule has 1 aliphatic carbocycles. The predicted molar refractivity (Wildman–Crippen MR) is 113 cm³/mol. The van der Waals surface area contributed by atoms with E-state index in [0.29, 0.717) is 6.04 Å². The van der Waals surface area contributed by atoms with Crippen LogP contribution in [-0.4, -0.2) is 63.9 Å². The van der Waals surface area contributed by atoms with Crippen LogP contribution in [0.5, 0.6) is 0 Å². The van der Waals surface area contributed by atoms with E-state index in [0.717, 1.165) is 56.7 Å². The van der Waals surface area contributed by atoms with Gasteiger partial charge in [-0.05, 0) is 51.9 Å². The number of fused-ring (bicyclic) bond motifs is 1. The smallest absolute Gasteiger partial charge is 0.191 e. The molecule has 2 N–H and O–H groups in total. The van der Waals surface area contributed by atoms with Crippen molar-refractivity contribution in [1.29, 1.82) is 0 Å². The molecule has 1 aromatic heterocycles. The molecule has 0 bridgehead atoms. The molecule has 0 radical (unpaired) electrons. The molecular formula is C21H37N7. The average Bonchev–Trinajstić information content (AvgIpc) is 3.52. The molecule has 2 aliphatic heterocycles. The topological polar surface area (TPSA) is 70.4 Å². The molecule has 0 spiro atoms. The zero-order chi connectivity index (χ0) is 19.2. The molecule has 3 heterocycles. The van der Waals surface area contributed by atoms with Crippen LogP contribution < -0.4 is 10.6 Å². The first kappa shape index (κ1) is 19.7. The first-order valence-electron chi connectivity index (χ1n) is 11.5. The van der Waals surface area contributed by atoms with E-state index in [1.165, 1.54) is 63.9 Å². The van der Waals surface area contributed by atoms with Gasteiger partial charge in [0.15, 0.2) is 5.96 Å². The zero-order valence-corrected chi connectivity index (χ0v) is 17.5. The van der Waals surface area contributed by atoms with Gasteiger partial charge in [0, 0.05) is 57.6 Å². The third-order valence-electron chi connectivity index (χ3n) is 6.29. The van der Waals surface area contributed by atoms with Gasteiger partial charge in [0.2, 0.25) is 0 Å². The van der Waals surface area contributed by atoms with Crippen molar-refractivity contribution in [2.75, 3.05) is 26.2 Å². The Morgan fingerprint density at radius 2 is 1.93 bits per heavy atom. The number of piperidine rings is 1. The summed E-state index contributed by atoms with van der Waals surface area (Å²) in [6.07, 6.45) is 12.2. The normalized spacial score (nSPS) is 22.0. The summed E-state index contributed by atoms with van der Waals surface area (Å²) in [6, 6.07) is 1.45. The summed E-state index contributed by atoms with van der Waals surface area (Å²) in [7, 11) is 0. The first-order chi connectivity index (χ1) is 13.8. The highest BCUT2D eigenvalue weighted by Crippen LogP contribution is 2.29. The fraction of sp³-hybridized carbons (Fsp3) is 0.857. The third-order valence-corrected chi connectivity index (χ3v) is 6.29. The van der Waals surface area contributed by atoms with Crippen molar-refractivity contribution in [2.45, 2.75) is 89.8 Å². The van der Waals surface area contributed by atoms with Crippen LogP contribution in [0.15, 0.2) is 4.99 Å². The van der Waals surface area contributed by atoms with Crippen LogP contribution >= 0.6 is 0 Å². The second-order valence-corrected chi connectivity index (χ2v) is 8.54. The Hall–Kier alpha value is -1.63. The van der Waals surface area contributed by atoms with Gasteiger partial charge in [0.25, 0.3) is 0 Å². The number of aromatic nitrogens is 3. The van der Waals surface area contributed by atoms with Crippen molar-refractivity contribution < 1.29 is 0 Å². The van der Waals surface area contributed by atoms with Gasteiger partial charge in [-0.1, -0.05) is 6.42 Å². The maximum atomic E-state index is 4.83. The fourth-order valence-electron chi connectivity index (χ4n) is 4.52. The van der Waals surface area contributed by atoms with Gasteiger partial charge in [-0.2, -0.15) is 0 Å². The van der Waals surface area contributed by atoms with E-state index in [4.69, 9.17) is 4.99 Å². The van der Waals surface area contributed by atoms with Crippen LogP contribution in [-0.2, 0) is 19.4 Å². The van der Waals surface area contributed by atoms with E-state index in [1.54, 1.807) is 0 Å². The minimum absolute atomic E-state index is 0.556. The van der Waals surface area contributed by atoms with E-state index in [1.807, 2.05) is 0 Å². The Bertz CT molecular complexity index is 641. The zero-order valence-electron chi connectivity index (χ0n) is 17.5. The van der Waals surface area contributed by atoms with Crippen LogP contribution in [0.2, 0.25) is 0 Å². The summed E-state index contributed by atoms with van der Waals surface area (Å²) >= 11 is 0. The Morgan fingerprint density at radius 3 is 2.71 bits per heavy atom. The lowest BCUT2D eigenvalue weighted by molar-refractivity contribution is 0.197. The molecule has 1 saturated heterocycles. The number of guanidine groups is 1. The van der Waals surface area contributed by atoms with Crippen LogP contribution in [0.4, 0.5) is 0 Å². The monoisotopic (exact) mass is 387 g/mol. The molecule has 3 aliphatic rings. The number of nitrogens with zero attached hydrogens (tertiary/aromatic N) is 5. The minimum atomic E-state index is 0.556. The first-order valence-corrected chi connectivity index (χ1v) is 11.5. The highest BCUT2D eigenvalue weighted by atomic mass is 15.3. The molecular weight excluding hydrogens is 350 g/mol. The molecule has 0 atom stereocenters. The van der Waals surface area contributed by atoms with Gasteiger partial charge < -0.3 is 20.1 Å². The quantitative estimate of drug-likeness (QED) is 0.426. The molecule has 1 saturated carbocycles. The summed E-state index contributed by atoms with van der Waals surface area (Å²) in [4.78, 5) is 7.50. The number of nitrogens with one attached hydrogen (secondary N) is 2. The van der Waals surface area contributed by atoms with Crippen molar-refractivity contribution >= 4 is 5.96 Å². The Kier molecular flexibility index (Phi) is 6.83. The van der Waals surface area contributed by atoms with Crippen LogP contribution in [0, 0.1) is 0 Å². The second-order valence-electron chi connectivity index (χ2n) is 8.54. The molecule has 4 rings (SSSR count). The molecule has 28 heavy (non-hydrogen) atoms. The molecule has 7 nitrogen and oxygen atoms in total. The molecule has 7 heteroatoms. The highest BCUT2D eigenvalue weighted by Gasteiger charge is 2.31. The van der Waals surface area contributed by atoms with Crippen molar-refractivity contribution in [2.24, 2.45) is 4.99 Å². The van der Waals surface area contributed by atoms with E-state index >= 15 is 0 Å². The standard InChI is InChI=1S/C21H37N7/c1-2-22-21(24-17-11-15-27(16-12-17)18-9-10-18)23-13-6-8-20-26-25-19-7-4-3-5-14-28(19)20/h17-18H,2-16H2,1H3,(H2,22,23,24). The van der Waals surface area contributed by atoms with Gasteiger partial charge >= 0.3 is 0 Å². The number of rotatable bonds is 7. The summed E-state index contributed by atoms with van der Waals surface area (Å²) in [5, 5.41) is 15.9. The molecule has 1 aromatic rings. The lowest BCUT2D eigenvalue weighted by Crippen LogP contribution is -2.49. The van der Waals surface area contributed by atoms with Crippen molar-refractivity contribution in [1.82, 2.24) is 30.3 Å². The van der Waals surface area contributed by atoms with Crippen LogP contribution in [0.25, 0.3) is 0 Å². The molecule has 0 unspecified atom stereocenters. The second kappa shape index (κ2) is 9.72. The fourth-order valence-corrected chi connectivity index (χ4v) is 4.52. The Balaban J connectivity index is 1.23. The summed E-state index contributed by atoms with van der Waals surface area (Å²) in [5.74, 6) is 3.31. The number of aliphatic imine (C=N–C) groups is 1. The molecule has 2 fully saturated rings. The van der Waals surface area contributed by atoms with Gasteiger partial charge in [0.1, 0.15) is 11.6 Å². The lowest BCUT2D eigenvalue weighted by Gasteiger charge is -2.33. The lowest BCUT2D eigenvalue weighted by atomic mass is 10.1. The summed E-state index contributed by atoms with van der Waals surface area (Å²) < 4.78 is 2.35. The molecule has 0 aromatic carbocycles. The Labute approximate surface area is 169 Å². The SMILES string of the molecule is CCNC(=NCCCc1nnc2n1CCCCC2)NC1CCN(C2CC2)CC1.